The average molecular weight is 559 g/mol. The number of amides is 3. The van der Waals surface area contributed by atoms with Gasteiger partial charge in [-0.2, -0.15) is 0 Å². The van der Waals surface area contributed by atoms with Crippen LogP contribution in [0, 0.1) is 6.92 Å². The van der Waals surface area contributed by atoms with E-state index >= 15 is 0 Å². The Kier molecular flexibility index (Phi) is 11.9. The van der Waals surface area contributed by atoms with Crippen molar-refractivity contribution in [1.82, 2.24) is 20.2 Å². The number of carbonyl (C=O) groups excluding carboxylic acids is 2. The fraction of sp³-hybridized carbons (Fsp3) is 0.281. The summed E-state index contributed by atoms with van der Waals surface area (Å²) in [6.45, 7) is 6.47. The van der Waals surface area contributed by atoms with Crippen LogP contribution in [0.1, 0.15) is 36.8 Å². The maximum Gasteiger partial charge on any atom is 0.325 e. The molecular weight excluding hydrogens is 520 g/mol. The quantitative estimate of drug-likeness (QED) is 0.240. The molecule has 9 heteroatoms. The van der Waals surface area contributed by atoms with E-state index in [0.717, 1.165) is 28.3 Å². The molecule has 9 nitrogen and oxygen atoms in total. The molecule has 1 atom stereocenters. The first kappa shape index (κ1) is 30.9. The lowest BCUT2D eigenvalue weighted by atomic mass is 10.0. The number of nitrogens with zero attached hydrogens (tertiary/aromatic N) is 2. The van der Waals surface area contributed by atoms with Gasteiger partial charge in [0.1, 0.15) is 30.0 Å². The second-order valence-electron chi connectivity index (χ2n) is 8.92. The third kappa shape index (κ3) is 8.68. The number of nitrogens with one attached hydrogen (secondary N) is 2. The zero-order chi connectivity index (χ0) is 29.6. The predicted molar refractivity (Wildman–Crippen MR) is 159 cm³/mol. The summed E-state index contributed by atoms with van der Waals surface area (Å²) in [6, 6.07) is 24.1. The van der Waals surface area contributed by atoms with Crippen molar-refractivity contribution in [3.8, 4) is 22.8 Å². The highest BCUT2D eigenvalue weighted by Gasteiger charge is 2.37. The maximum absolute atomic E-state index is 12.4. The third-order valence-electron chi connectivity index (χ3n) is 6.16. The summed E-state index contributed by atoms with van der Waals surface area (Å²) in [5.41, 5.74) is 3.98. The van der Waals surface area contributed by atoms with Crippen molar-refractivity contribution in [3.05, 3.63) is 102 Å². The first-order valence-corrected chi connectivity index (χ1v) is 13.6. The standard InChI is InChI=1S/C22H22N4O3.C8H10O2.C2H6/c1-14-3-7-16(8-4-14)18-12-23-21(25-18)19(26-20(27)13-24-22(26)28)11-15-5-9-17(29-2)10-6-15;9-6-7-10-8-4-2-1-3-5-8;1-2/h3-10,12,19H,11,13H2,1-2H3,(H,23,25)(H,24,28);1-5,9H,6-7H2;1-2H3/t19-;;/m0../s1. The number of para-hydroxylation sites is 1. The number of benzene rings is 3. The molecule has 3 aromatic carbocycles. The van der Waals surface area contributed by atoms with E-state index in [2.05, 4.69) is 15.3 Å². The first-order valence-electron chi connectivity index (χ1n) is 13.6. The molecule has 0 saturated carbocycles. The number of imide groups is 1. The van der Waals surface area contributed by atoms with Crippen molar-refractivity contribution >= 4 is 11.9 Å². The lowest BCUT2D eigenvalue weighted by Crippen LogP contribution is -2.36. The highest BCUT2D eigenvalue weighted by molar-refractivity contribution is 6.02. The molecule has 4 aromatic rings. The van der Waals surface area contributed by atoms with E-state index in [0.29, 0.717) is 18.9 Å². The molecule has 0 unspecified atom stereocenters. The van der Waals surface area contributed by atoms with Crippen molar-refractivity contribution in [2.45, 2.75) is 33.2 Å². The molecule has 5 rings (SSSR count). The topological polar surface area (TPSA) is 117 Å². The zero-order valence-corrected chi connectivity index (χ0v) is 24.0. The summed E-state index contributed by atoms with van der Waals surface area (Å²) in [7, 11) is 1.61. The number of methoxy groups -OCH3 is 1. The summed E-state index contributed by atoms with van der Waals surface area (Å²) in [5, 5.41) is 11.0. The fourth-order valence-corrected chi connectivity index (χ4v) is 4.11. The van der Waals surface area contributed by atoms with Gasteiger partial charge in [-0.1, -0.05) is 74.0 Å². The van der Waals surface area contributed by atoms with Gasteiger partial charge in [0.25, 0.3) is 5.91 Å². The molecule has 3 N–H and O–H groups in total. The summed E-state index contributed by atoms with van der Waals surface area (Å²) in [6.07, 6.45) is 2.18. The summed E-state index contributed by atoms with van der Waals surface area (Å²) < 4.78 is 10.3. The number of H-pyrrole nitrogens is 1. The number of urea groups is 1. The van der Waals surface area contributed by atoms with E-state index in [9.17, 15) is 9.59 Å². The number of imidazole rings is 1. The number of aliphatic hydroxyl groups excluding tert-OH is 1. The van der Waals surface area contributed by atoms with Crippen molar-refractivity contribution in [2.75, 3.05) is 26.9 Å². The maximum atomic E-state index is 12.4. The summed E-state index contributed by atoms with van der Waals surface area (Å²) in [4.78, 5) is 33.8. The van der Waals surface area contributed by atoms with E-state index in [4.69, 9.17) is 14.6 Å². The number of ether oxygens (including phenoxy) is 2. The number of carbonyl (C=O) groups is 2. The molecule has 1 aromatic heterocycles. The second-order valence-corrected chi connectivity index (χ2v) is 8.92. The van der Waals surface area contributed by atoms with E-state index in [1.807, 2.05) is 99.6 Å². The van der Waals surface area contributed by atoms with Gasteiger partial charge in [-0.25, -0.2) is 9.78 Å². The van der Waals surface area contributed by atoms with Crippen molar-refractivity contribution in [2.24, 2.45) is 0 Å². The Morgan fingerprint density at radius 2 is 1.63 bits per heavy atom. The molecule has 1 aliphatic rings. The minimum atomic E-state index is -0.530. The highest BCUT2D eigenvalue weighted by atomic mass is 16.5. The van der Waals surface area contributed by atoms with Crippen LogP contribution in [0.3, 0.4) is 0 Å². The molecule has 41 heavy (non-hydrogen) atoms. The Hall–Kier alpha value is -4.63. The van der Waals surface area contributed by atoms with Gasteiger partial charge in [0.15, 0.2) is 0 Å². The minimum absolute atomic E-state index is 0.00345. The minimum Gasteiger partial charge on any atom is -0.497 e. The van der Waals surface area contributed by atoms with Crippen LogP contribution in [0.5, 0.6) is 11.5 Å². The molecule has 0 bridgehead atoms. The van der Waals surface area contributed by atoms with Gasteiger partial charge in [-0.05, 0) is 42.3 Å². The molecule has 216 valence electrons. The molecular formula is C32H38N4O5. The van der Waals surface area contributed by atoms with Crippen LogP contribution in [0.2, 0.25) is 0 Å². The predicted octanol–water partition coefficient (Wildman–Crippen LogP) is 5.31. The van der Waals surface area contributed by atoms with Crippen molar-refractivity contribution in [1.29, 1.82) is 0 Å². The van der Waals surface area contributed by atoms with Gasteiger partial charge in [-0.3, -0.25) is 9.69 Å². The SMILES string of the molecule is CC.COc1ccc(C[C@@H](c2ncc(-c3ccc(C)cc3)[nH]2)N2C(=O)CNC2=O)cc1.OCCOc1ccccc1. The number of rotatable bonds is 9. The van der Waals surface area contributed by atoms with Gasteiger partial charge in [-0.15, -0.1) is 0 Å². The van der Waals surface area contributed by atoms with Crippen LogP contribution in [-0.2, 0) is 11.2 Å². The van der Waals surface area contributed by atoms with Gasteiger partial charge < -0.3 is 24.9 Å². The van der Waals surface area contributed by atoms with Gasteiger partial charge in [0.05, 0.1) is 32.2 Å². The van der Waals surface area contributed by atoms with Gasteiger partial charge >= 0.3 is 6.03 Å². The zero-order valence-electron chi connectivity index (χ0n) is 24.0. The Morgan fingerprint density at radius 1 is 0.951 bits per heavy atom. The second kappa shape index (κ2) is 15.8. The van der Waals surface area contributed by atoms with Crippen molar-refractivity contribution < 1.29 is 24.2 Å². The molecule has 0 aliphatic carbocycles. The number of aliphatic hydroxyl groups is 1. The molecule has 1 saturated heterocycles. The molecule has 2 heterocycles. The molecule has 1 fully saturated rings. The lowest BCUT2D eigenvalue weighted by Gasteiger charge is -2.23. The molecule has 0 spiro atoms. The van der Waals surface area contributed by atoms with Crippen molar-refractivity contribution in [3.63, 3.8) is 0 Å². The Labute approximate surface area is 241 Å². The lowest BCUT2D eigenvalue weighted by molar-refractivity contribution is -0.126. The highest BCUT2D eigenvalue weighted by Crippen LogP contribution is 2.28. The number of aromatic amines is 1. The Balaban J connectivity index is 0.000000324. The number of hydrogen-bond acceptors (Lipinski definition) is 6. The van der Waals surface area contributed by atoms with E-state index < -0.39 is 12.1 Å². The third-order valence-corrected chi connectivity index (χ3v) is 6.16. The van der Waals surface area contributed by atoms with Gasteiger partial charge in [0, 0.05) is 6.42 Å². The first-order chi connectivity index (χ1) is 20.0. The molecule has 3 amide bonds. The van der Waals surface area contributed by atoms with Gasteiger partial charge in [0.2, 0.25) is 0 Å². The van der Waals surface area contributed by atoms with Crippen LogP contribution < -0.4 is 14.8 Å². The van der Waals surface area contributed by atoms with Crippen LogP contribution >= 0.6 is 0 Å². The molecule has 0 radical (unpaired) electrons. The summed E-state index contributed by atoms with van der Waals surface area (Å²) >= 11 is 0. The van der Waals surface area contributed by atoms with Crippen LogP contribution in [-0.4, -0.2) is 58.8 Å². The van der Waals surface area contributed by atoms with E-state index in [1.54, 1.807) is 13.3 Å². The number of hydrogen-bond donors (Lipinski definition) is 3. The smallest absolute Gasteiger partial charge is 0.325 e. The van der Waals surface area contributed by atoms with E-state index in [-0.39, 0.29) is 19.1 Å². The largest absolute Gasteiger partial charge is 0.497 e. The Morgan fingerprint density at radius 3 is 2.22 bits per heavy atom. The van der Waals surface area contributed by atoms with Crippen LogP contribution in [0.15, 0.2) is 85.1 Å². The monoisotopic (exact) mass is 558 g/mol. The number of aromatic nitrogens is 2. The Bertz CT molecular complexity index is 1340. The van der Waals surface area contributed by atoms with Crippen LogP contribution in [0.25, 0.3) is 11.3 Å². The normalized spacial score (nSPS) is 12.9. The molecule has 1 aliphatic heterocycles. The van der Waals surface area contributed by atoms with E-state index in [1.165, 1.54) is 10.5 Å². The number of aryl methyl sites for hydroxylation is 1. The summed E-state index contributed by atoms with van der Waals surface area (Å²) in [5.74, 6) is 1.86. The van der Waals surface area contributed by atoms with Crippen LogP contribution in [0.4, 0.5) is 4.79 Å². The average Bonchev–Trinajstić information content (AvgIpc) is 3.64. The fourth-order valence-electron chi connectivity index (χ4n) is 4.11.